The summed E-state index contributed by atoms with van der Waals surface area (Å²) in [7, 11) is 0. The van der Waals surface area contributed by atoms with Crippen LogP contribution in [0.25, 0.3) is 0 Å². The Labute approximate surface area is 196 Å². The average molecular weight is 460 g/mol. The van der Waals surface area contributed by atoms with Crippen LogP contribution in [0.3, 0.4) is 0 Å². The number of ether oxygens (including phenoxy) is 1. The highest BCUT2D eigenvalue weighted by Crippen LogP contribution is 2.30. The van der Waals surface area contributed by atoms with Crippen molar-refractivity contribution in [3.63, 3.8) is 0 Å². The van der Waals surface area contributed by atoms with Crippen LogP contribution in [0.2, 0.25) is 0 Å². The lowest BCUT2D eigenvalue weighted by atomic mass is 9.85. The minimum Gasteiger partial charge on any atom is -0.460 e. The second kappa shape index (κ2) is 11.4. The molecule has 0 bridgehead atoms. The molecule has 1 atom stereocenters. The molecule has 4 rings (SSSR count). The molecule has 6 nitrogen and oxygen atoms in total. The second-order valence-electron chi connectivity index (χ2n) is 9.45. The zero-order chi connectivity index (χ0) is 22.3. The number of aromatic nitrogens is 1. The number of hydrogen-bond donors (Lipinski definition) is 1. The van der Waals surface area contributed by atoms with Gasteiger partial charge in [0, 0.05) is 12.6 Å². The molecule has 1 aromatic heterocycles. The Morgan fingerprint density at radius 1 is 1.09 bits per heavy atom. The fraction of sp³-hybridized carbons (Fsp3) is 0.720. The number of esters is 1. The number of thioether (sulfide) groups is 1. The Kier molecular flexibility index (Phi) is 8.33. The zero-order valence-electron chi connectivity index (χ0n) is 19.3. The van der Waals surface area contributed by atoms with E-state index < -0.39 is 0 Å². The van der Waals surface area contributed by atoms with Crippen LogP contribution in [0.15, 0.2) is 17.2 Å². The van der Waals surface area contributed by atoms with Crippen molar-refractivity contribution in [3.05, 3.63) is 17.7 Å². The highest BCUT2D eigenvalue weighted by molar-refractivity contribution is 7.99. The summed E-state index contributed by atoms with van der Waals surface area (Å²) >= 11 is 1.66. The highest BCUT2D eigenvalue weighted by atomic mass is 32.2. The topological polar surface area (TPSA) is 71.5 Å². The molecular weight excluding hydrogens is 422 g/mol. The molecule has 1 N–H and O–H groups in total. The molecule has 1 unspecified atom stereocenters. The third-order valence-electron chi connectivity index (χ3n) is 6.90. The van der Waals surface area contributed by atoms with Crippen molar-refractivity contribution in [1.82, 2.24) is 10.3 Å². The van der Waals surface area contributed by atoms with Crippen LogP contribution in [0.5, 0.6) is 0 Å². The smallest absolute Gasteiger partial charge is 0.309 e. The summed E-state index contributed by atoms with van der Waals surface area (Å²) in [5, 5.41) is 4.05. The maximum Gasteiger partial charge on any atom is 0.309 e. The van der Waals surface area contributed by atoms with E-state index in [1.54, 1.807) is 11.8 Å². The van der Waals surface area contributed by atoms with E-state index in [9.17, 15) is 9.59 Å². The standard InChI is InChI=1S/C25H37N3O3S/c1-2-16-32-24-21(23(29)26-19-10-4-3-5-11-19)13-14-22(27-24)28-15-7-12-20(17-28)31-25(30)18-8-6-9-18/h13-14,18-20H,2-12,15-17H2,1H3,(H,26,29). The molecule has 7 heteroatoms. The van der Waals surface area contributed by atoms with Gasteiger partial charge in [0.1, 0.15) is 16.9 Å². The van der Waals surface area contributed by atoms with Crippen LogP contribution in [0.1, 0.15) is 87.9 Å². The van der Waals surface area contributed by atoms with Gasteiger partial charge in [-0.3, -0.25) is 9.59 Å². The highest BCUT2D eigenvalue weighted by Gasteiger charge is 2.31. The molecule has 2 heterocycles. The summed E-state index contributed by atoms with van der Waals surface area (Å²) < 4.78 is 5.81. The van der Waals surface area contributed by atoms with E-state index >= 15 is 0 Å². The van der Waals surface area contributed by atoms with Gasteiger partial charge in [-0.15, -0.1) is 11.8 Å². The fourth-order valence-electron chi connectivity index (χ4n) is 4.75. The third kappa shape index (κ3) is 5.97. The molecule has 3 fully saturated rings. The lowest BCUT2D eigenvalue weighted by Gasteiger charge is -2.35. The van der Waals surface area contributed by atoms with Gasteiger partial charge >= 0.3 is 5.97 Å². The Balaban J connectivity index is 1.43. The van der Waals surface area contributed by atoms with Crippen molar-refractivity contribution < 1.29 is 14.3 Å². The quantitative estimate of drug-likeness (QED) is 0.438. The lowest BCUT2D eigenvalue weighted by Crippen LogP contribution is -2.42. The summed E-state index contributed by atoms with van der Waals surface area (Å²) in [6.45, 7) is 3.72. The first kappa shape index (κ1) is 23.4. The molecule has 0 radical (unpaired) electrons. The van der Waals surface area contributed by atoms with Crippen LogP contribution >= 0.6 is 11.8 Å². The van der Waals surface area contributed by atoms with Gasteiger partial charge in [-0.1, -0.05) is 32.6 Å². The number of rotatable bonds is 8. The Morgan fingerprint density at radius 2 is 1.91 bits per heavy atom. The minimum absolute atomic E-state index is 0.000465. The number of nitrogens with zero attached hydrogens (tertiary/aromatic N) is 2. The Bertz CT molecular complexity index is 793. The second-order valence-corrected chi connectivity index (χ2v) is 10.5. The number of pyridine rings is 1. The van der Waals surface area contributed by atoms with Gasteiger partial charge in [0.2, 0.25) is 0 Å². The van der Waals surface area contributed by atoms with E-state index in [0.717, 1.165) is 74.5 Å². The molecule has 2 aliphatic carbocycles. The SMILES string of the molecule is CCCSc1nc(N2CCCC(OC(=O)C3CCC3)C2)ccc1C(=O)NC1CCCCC1. The van der Waals surface area contributed by atoms with Crippen LogP contribution in [0.4, 0.5) is 5.82 Å². The molecule has 176 valence electrons. The summed E-state index contributed by atoms with van der Waals surface area (Å²) in [6.07, 6.45) is 11.7. The van der Waals surface area contributed by atoms with E-state index in [-0.39, 0.29) is 29.9 Å². The predicted octanol–water partition coefficient (Wildman–Crippen LogP) is 4.96. The van der Waals surface area contributed by atoms with Gasteiger partial charge in [-0.25, -0.2) is 4.98 Å². The lowest BCUT2D eigenvalue weighted by molar-refractivity contribution is -0.157. The van der Waals surface area contributed by atoms with E-state index in [1.165, 1.54) is 19.3 Å². The maximum absolute atomic E-state index is 13.0. The van der Waals surface area contributed by atoms with Crippen LogP contribution in [-0.2, 0) is 9.53 Å². The summed E-state index contributed by atoms with van der Waals surface area (Å²) in [5.74, 6) is 1.90. The zero-order valence-corrected chi connectivity index (χ0v) is 20.1. The molecule has 1 aromatic rings. The van der Waals surface area contributed by atoms with Crippen LogP contribution in [0, 0.1) is 5.92 Å². The van der Waals surface area contributed by atoms with E-state index in [4.69, 9.17) is 9.72 Å². The Morgan fingerprint density at radius 3 is 2.62 bits per heavy atom. The number of carbonyl (C=O) groups excluding carboxylic acids is 2. The monoisotopic (exact) mass is 459 g/mol. The molecular formula is C25H37N3O3S. The number of hydrogen-bond acceptors (Lipinski definition) is 6. The number of anilines is 1. The van der Waals surface area contributed by atoms with Crippen LogP contribution < -0.4 is 10.2 Å². The summed E-state index contributed by atoms with van der Waals surface area (Å²) in [4.78, 5) is 32.4. The van der Waals surface area contributed by atoms with Gasteiger partial charge in [0.15, 0.2) is 0 Å². The molecule has 2 saturated carbocycles. The van der Waals surface area contributed by atoms with Crippen molar-refractivity contribution in [1.29, 1.82) is 0 Å². The predicted molar refractivity (Wildman–Crippen MR) is 128 cm³/mol. The number of nitrogens with one attached hydrogen (secondary N) is 1. The summed E-state index contributed by atoms with van der Waals surface area (Å²) in [5.41, 5.74) is 0.683. The van der Waals surface area contributed by atoms with Crippen LogP contribution in [-0.4, -0.2) is 47.8 Å². The fourth-order valence-corrected chi connectivity index (χ4v) is 5.62. The van der Waals surface area contributed by atoms with Crippen molar-refractivity contribution in [3.8, 4) is 0 Å². The molecule has 32 heavy (non-hydrogen) atoms. The summed E-state index contributed by atoms with van der Waals surface area (Å²) in [6, 6.07) is 4.18. The first-order valence-electron chi connectivity index (χ1n) is 12.5. The number of carbonyl (C=O) groups is 2. The normalized spacial score (nSPS) is 22.3. The molecule has 0 aromatic carbocycles. The first-order chi connectivity index (χ1) is 15.6. The van der Waals surface area contributed by atoms with Crippen molar-refractivity contribution in [2.45, 2.75) is 94.7 Å². The van der Waals surface area contributed by atoms with Gasteiger partial charge in [0.25, 0.3) is 5.91 Å². The first-order valence-corrected chi connectivity index (χ1v) is 13.5. The van der Waals surface area contributed by atoms with Crippen molar-refractivity contribution in [2.75, 3.05) is 23.7 Å². The van der Waals surface area contributed by atoms with Crippen molar-refractivity contribution in [2.24, 2.45) is 5.92 Å². The van der Waals surface area contributed by atoms with Gasteiger partial charge < -0.3 is 15.0 Å². The van der Waals surface area contributed by atoms with Gasteiger partial charge in [-0.05, 0) is 62.8 Å². The molecule has 1 amide bonds. The third-order valence-corrected chi connectivity index (χ3v) is 8.09. The Hall–Kier alpha value is -1.76. The number of amides is 1. The van der Waals surface area contributed by atoms with Gasteiger partial charge in [0.05, 0.1) is 18.0 Å². The molecule has 3 aliphatic rings. The van der Waals surface area contributed by atoms with E-state index in [1.807, 2.05) is 12.1 Å². The molecule has 1 aliphatic heterocycles. The minimum atomic E-state index is -0.0697. The number of piperidine rings is 1. The molecule has 0 spiro atoms. The largest absolute Gasteiger partial charge is 0.460 e. The van der Waals surface area contributed by atoms with Gasteiger partial charge in [-0.2, -0.15) is 0 Å². The molecule has 1 saturated heterocycles. The average Bonchev–Trinajstić information content (AvgIpc) is 2.77. The maximum atomic E-state index is 13.0. The van der Waals surface area contributed by atoms with E-state index in [0.29, 0.717) is 12.1 Å². The van der Waals surface area contributed by atoms with Crippen molar-refractivity contribution >= 4 is 29.5 Å². The van der Waals surface area contributed by atoms with E-state index in [2.05, 4.69) is 17.1 Å².